The monoisotopic (exact) mass is 1010 g/mol. The molecule has 0 saturated carbocycles. The van der Waals surface area contributed by atoms with Crippen LogP contribution in [0, 0.1) is 5.92 Å². The zero-order valence-corrected chi connectivity index (χ0v) is 46.0. The highest BCUT2D eigenvalue weighted by Crippen LogP contribution is 2.58. The first-order chi connectivity index (χ1) is 38.2. The van der Waals surface area contributed by atoms with Crippen molar-refractivity contribution in [2.75, 3.05) is 4.90 Å². The van der Waals surface area contributed by atoms with Gasteiger partial charge in [-0.05, 0) is 187 Å². The minimum atomic E-state index is 0.00442. The second kappa shape index (κ2) is 20.6. The van der Waals surface area contributed by atoms with E-state index in [1.165, 1.54) is 139 Å². The van der Waals surface area contributed by atoms with Gasteiger partial charge in [0, 0.05) is 38.9 Å². The van der Waals surface area contributed by atoms with Crippen molar-refractivity contribution in [3.63, 3.8) is 0 Å². The number of anilines is 3. The summed E-state index contributed by atoms with van der Waals surface area (Å²) in [7, 11) is 0. The molecule has 0 fully saturated rings. The molecule has 384 valence electrons. The fourth-order valence-electron chi connectivity index (χ4n) is 13.5. The van der Waals surface area contributed by atoms with Gasteiger partial charge in [-0.15, -0.1) is 0 Å². The lowest BCUT2D eigenvalue weighted by Gasteiger charge is -2.36. The molecule has 0 aliphatic heterocycles. The summed E-state index contributed by atoms with van der Waals surface area (Å²) in [5, 5.41) is 2.48. The summed E-state index contributed by atoms with van der Waals surface area (Å²) < 4.78 is 2.45. The van der Waals surface area contributed by atoms with Crippen LogP contribution in [0.5, 0.6) is 0 Å². The van der Waals surface area contributed by atoms with Gasteiger partial charge in [0.1, 0.15) is 0 Å². The minimum absolute atomic E-state index is 0.00442. The van der Waals surface area contributed by atoms with E-state index in [2.05, 4.69) is 275 Å². The van der Waals surface area contributed by atoms with Crippen LogP contribution in [-0.2, 0) is 5.41 Å². The zero-order chi connectivity index (χ0) is 52.9. The maximum Gasteiger partial charge on any atom is 0.0541 e. The molecule has 0 radical (unpaired) electrons. The molecule has 1 heterocycles. The van der Waals surface area contributed by atoms with Crippen molar-refractivity contribution >= 4 is 38.9 Å². The Bertz CT molecular complexity index is 3880. The minimum Gasteiger partial charge on any atom is -0.311 e. The van der Waals surface area contributed by atoms with Gasteiger partial charge < -0.3 is 9.47 Å². The molecule has 1 aromatic heterocycles. The van der Waals surface area contributed by atoms with Crippen molar-refractivity contribution < 1.29 is 0 Å². The van der Waals surface area contributed by atoms with Crippen molar-refractivity contribution in [1.29, 1.82) is 0 Å². The van der Waals surface area contributed by atoms with Crippen LogP contribution in [0.3, 0.4) is 0 Å². The van der Waals surface area contributed by atoms with Gasteiger partial charge in [0.05, 0.1) is 11.0 Å². The van der Waals surface area contributed by atoms with E-state index < -0.39 is 0 Å². The van der Waals surface area contributed by atoms with Crippen LogP contribution in [0.1, 0.15) is 114 Å². The normalized spacial score (nSPS) is 16.4. The van der Waals surface area contributed by atoms with E-state index in [1.807, 2.05) is 0 Å². The lowest BCUT2D eigenvalue weighted by molar-refractivity contribution is 0.290. The summed E-state index contributed by atoms with van der Waals surface area (Å²) in [6, 6.07) is 86.9. The van der Waals surface area contributed by atoms with Crippen molar-refractivity contribution in [3.05, 3.63) is 253 Å². The van der Waals surface area contributed by atoms with E-state index >= 15 is 0 Å². The number of rotatable bonds is 15. The van der Waals surface area contributed by atoms with Crippen molar-refractivity contribution in [1.82, 2.24) is 4.57 Å². The van der Waals surface area contributed by atoms with E-state index in [4.69, 9.17) is 0 Å². The third kappa shape index (κ3) is 8.86. The highest BCUT2D eigenvalue weighted by Gasteiger charge is 2.47. The summed E-state index contributed by atoms with van der Waals surface area (Å²) >= 11 is 0. The lowest BCUT2D eigenvalue weighted by Crippen LogP contribution is -2.31. The van der Waals surface area contributed by atoms with E-state index in [-0.39, 0.29) is 5.41 Å². The molecular formula is C76H70N2. The fourth-order valence-corrected chi connectivity index (χ4v) is 13.5. The number of hydrogen-bond acceptors (Lipinski definition) is 1. The summed E-state index contributed by atoms with van der Waals surface area (Å²) in [5.74, 6) is 1.64. The molecule has 2 heteroatoms. The second-order valence-corrected chi connectivity index (χ2v) is 23.1. The predicted molar refractivity (Wildman–Crippen MR) is 333 cm³/mol. The molecule has 10 aromatic carbocycles. The number of benzene rings is 10. The Hall–Kier alpha value is -8.20. The van der Waals surface area contributed by atoms with Gasteiger partial charge in [0.15, 0.2) is 0 Å². The van der Waals surface area contributed by atoms with Crippen LogP contribution in [0.4, 0.5) is 17.1 Å². The molecule has 0 amide bonds. The summed E-state index contributed by atoms with van der Waals surface area (Å²) in [5.41, 5.74) is 25.5. The van der Waals surface area contributed by atoms with Crippen LogP contribution < -0.4 is 4.90 Å². The summed E-state index contributed by atoms with van der Waals surface area (Å²) in [6.45, 7) is 11.9. The maximum atomic E-state index is 2.59. The predicted octanol–water partition coefficient (Wildman–Crippen LogP) is 21.8. The average Bonchev–Trinajstić information content (AvgIpc) is 4.10. The molecule has 78 heavy (non-hydrogen) atoms. The fraction of sp³-hybridized carbons (Fsp3) is 0.211. The van der Waals surface area contributed by atoms with Gasteiger partial charge in [-0.1, -0.05) is 218 Å². The Labute approximate surface area is 462 Å². The van der Waals surface area contributed by atoms with Gasteiger partial charge >= 0.3 is 0 Å². The van der Waals surface area contributed by atoms with Crippen molar-refractivity contribution in [2.24, 2.45) is 5.92 Å². The van der Waals surface area contributed by atoms with Gasteiger partial charge in [0.2, 0.25) is 0 Å². The summed E-state index contributed by atoms with van der Waals surface area (Å²) in [6.07, 6.45) is 9.18. The number of para-hydroxylation sites is 1. The highest BCUT2D eigenvalue weighted by atomic mass is 15.1. The standard InChI is InChI=1S/C76H70N2/c1-6-7-8-9-16-23-63-44-52(4)58-32-41-68-69-42-33-60(50-73(69)76(63,5)72(68)49-58)57-30-39-66(40-31-57)77(64-35-26-53(27-36-64)51(2)3)65-37-28-56(29-38-65)59-34-43-75-71(48-59)70-24-17-18-25-74(70)78(75)67-46-61(54-19-12-10-13-20-54)45-62(47-67)55-21-14-11-15-22-55/h10-15,17-22,24-43,45-52,63H,6-9,16,23,44H2,1-5H3. The van der Waals surface area contributed by atoms with Gasteiger partial charge in [-0.25, -0.2) is 0 Å². The third-order valence-electron chi connectivity index (χ3n) is 18.0. The lowest BCUT2D eigenvalue weighted by atomic mass is 9.66. The van der Waals surface area contributed by atoms with Crippen LogP contribution in [0.2, 0.25) is 0 Å². The topological polar surface area (TPSA) is 8.17 Å². The van der Waals surface area contributed by atoms with Crippen LogP contribution in [0.25, 0.3) is 83.1 Å². The quantitative estimate of drug-likeness (QED) is 0.0929. The molecule has 2 bridgehead atoms. The molecule has 2 nitrogen and oxygen atoms in total. The summed E-state index contributed by atoms with van der Waals surface area (Å²) in [4.78, 5) is 2.41. The Morgan fingerprint density at radius 3 is 1.60 bits per heavy atom. The molecule has 0 spiro atoms. The zero-order valence-electron chi connectivity index (χ0n) is 46.0. The van der Waals surface area contributed by atoms with E-state index in [0.29, 0.717) is 17.8 Å². The molecule has 2 aliphatic rings. The van der Waals surface area contributed by atoms with E-state index in [1.54, 1.807) is 5.56 Å². The number of hydrogen-bond donors (Lipinski definition) is 0. The van der Waals surface area contributed by atoms with Gasteiger partial charge in [-0.3, -0.25) is 0 Å². The average molecular weight is 1010 g/mol. The van der Waals surface area contributed by atoms with Crippen molar-refractivity contribution in [3.8, 4) is 61.3 Å². The highest BCUT2D eigenvalue weighted by molar-refractivity contribution is 6.10. The van der Waals surface area contributed by atoms with E-state index in [9.17, 15) is 0 Å². The SMILES string of the molecule is CCCCCCCC1CC(C)c2ccc3c(c2)C1(C)c1cc(-c2ccc(N(c4ccc(-c5ccc6c(c5)c5ccccc5n6-c5cc(-c6ccccc6)cc(-c6ccccc6)c5)cc4)c4ccc(C(C)C)cc4)cc2)ccc1-3. The van der Waals surface area contributed by atoms with Crippen molar-refractivity contribution in [2.45, 2.75) is 96.8 Å². The number of fused-ring (bicyclic) bond motifs is 7. The first-order valence-electron chi connectivity index (χ1n) is 28.9. The van der Waals surface area contributed by atoms with Crippen LogP contribution >= 0.6 is 0 Å². The molecule has 3 unspecified atom stereocenters. The molecular weight excluding hydrogens is 941 g/mol. The number of unbranched alkanes of at least 4 members (excludes halogenated alkanes) is 4. The molecule has 3 atom stereocenters. The molecule has 2 aliphatic carbocycles. The molecule has 11 aromatic rings. The Morgan fingerprint density at radius 2 is 0.974 bits per heavy atom. The van der Waals surface area contributed by atoms with Gasteiger partial charge in [0.25, 0.3) is 0 Å². The first-order valence-corrected chi connectivity index (χ1v) is 28.9. The third-order valence-corrected chi connectivity index (χ3v) is 18.0. The second-order valence-electron chi connectivity index (χ2n) is 23.1. The Balaban J connectivity index is 0.838. The molecule has 0 N–H and O–H groups in total. The molecule has 0 saturated heterocycles. The van der Waals surface area contributed by atoms with E-state index in [0.717, 1.165) is 22.7 Å². The van der Waals surface area contributed by atoms with Crippen LogP contribution in [-0.4, -0.2) is 4.57 Å². The Morgan fingerprint density at radius 1 is 0.462 bits per heavy atom. The number of nitrogens with zero attached hydrogens (tertiary/aromatic N) is 2. The Kier molecular flexibility index (Phi) is 13.1. The first kappa shape index (κ1) is 49.4. The smallest absolute Gasteiger partial charge is 0.0541 e. The maximum absolute atomic E-state index is 2.59. The van der Waals surface area contributed by atoms with Gasteiger partial charge in [-0.2, -0.15) is 0 Å². The van der Waals surface area contributed by atoms with Crippen LogP contribution in [0.15, 0.2) is 231 Å². The molecule has 13 rings (SSSR count). The largest absolute Gasteiger partial charge is 0.311 e. The number of aromatic nitrogens is 1.